The van der Waals surface area contributed by atoms with E-state index in [0.29, 0.717) is 28.2 Å². The van der Waals surface area contributed by atoms with Crippen molar-refractivity contribution in [2.24, 2.45) is 0 Å². The highest BCUT2D eigenvalue weighted by molar-refractivity contribution is 6.46. The molecule has 4 rings (SSSR count). The van der Waals surface area contributed by atoms with Crippen LogP contribution in [0.2, 0.25) is 0 Å². The molecule has 2 aromatic carbocycles. The van der Waals surface area contributed by atoms with Crippen LogP contribution in [0.3, 0.4) is 0 Å². The molecule has 168 valence electrons. The Balaban J connectivity index is 1.85. The van der Waals surface area contributed by atoms with Crippen LogP contribution in [-0.4, -0.2) is 41.9 Å². The van der Waals surface area contributed by atoms with Crippen LogP contribution >= 0.6 is 0 Å². The Morgan fingerprint density at radius 3 is 2.42 bits per heavy atom. The molecule has 2 heterocycles. The number of carbonyl (C=O) groups is 3. The highest BCUT2D eigenvalue weighted by Crippen LogP contribution is 2.40. The zero-order valence-corrected chi connectivity index (χ0v) is 18.0. The number of ketones is 1. The van der Waals surface area contributed by atoms with E-state index in [4.69, 9.17) is 13.9 Å². The number of aliphatic hydroxyl groups is 1. The van der Waals surface area contributed by atoms with Gasteiger partial charge in [-0.05, 0) is 42.0 Å². The van der Waals surface area contributed by atoms with Gasteiger partial charge in [-0.25, -0.2) is 4.79 Å². The molecule has 0 bridgehead atoms. The minimum Gasteiger partial charge on any atom is -0.507 e. The highest BCUT2D eigenvalue weighted by Gasteiger charge is 2.46. The van der Waals surface area contributed by atoms with Crippen molar-refractivity contribution in [1.82, 2.24) is 4.90 Å². The van der Waals surface area contributed by atoms with Gasteiger partial charge in [0.2, 0.25) is 0 Å². The lowest BCUT2D eigenvalue weighted by atomic mass is 9.94. The molecule has 0 radical (unpaired) electrons. The fraction of sp³-hybridized carbons (Fsp3) is 0.160. The Kier molecular flexibility index (Phi) is 5.99. The van der Waals surface area contributed by atoms with E-state index in [1.54, 1.807) is 60.7 Å². The summed E-state index contributed by atoms with van der Waals surface area (Å²) in [5.41, 5.74) is 1.13. The third-order valence-corrected chi connectivity index (χ3v) is 5.44. The van der Waals surface area contributed by atoms with Crippen molar-refractivity contribution in [2.45, 2.75) is 12.6 Å². The summed E-state index contributed by atoms with van der Waals surface area (Å²) in [4.78, 5) is 39.2. The first-order chi connectivity index (χ1) is 15.9. The molecule has 1 amide bonds. The molecule has 1 fully saturated rings. The van der Waals surface area contributed by atoms with Crippen LogP contribution in [0.5, 0.6) is 5.75 Å². The Morgan fingerprint density at radius 1 is 1.03 bits per heavy atom. The second kappa shape index (κ2) is 9.04. The molecule has 1 unspecified atom stereocenters. The zero-order valence-electron chi connectivity index (χ0n) is 18.0. The van der Waals surface area contributed by atoms with Crippen LogP contribution in [0.4, 0.5) is 0 Å². The van der Waals surface area contributed by atoms with Crippen LogP contribution in [0.1, 0.15) is 33.3 Å². The van der Waals surface area contributed by atoms with Crippen molar-refractivity contribution >= 4 is 23.4 Å². The number of amides is 1. The van der Waals surface area contributed by atoms with Gasteiger partial charge in [0.05, 0.1) is 44.2 Å². The van der Waals surface area contributed by atoms with E-state index in [0.717, 1.165) is 0 Å². The summed E-state index contributed by atoms with van der Waals surface area (Å²) in [6.45, 7) is 0.0237. The number of aliphatic hydroxyl groups excluding tert-OH is 1. The van der Waals surface area contributed by atoms with Gasteiger partial charge in [-0.1, -0.05) is 24.3 Å². The van der Waals surface area contributed by atoms with E-state index < -0.39 is 23.7 Å². The monoisotopic (exact) mass is 447 g/mol. The number of hydrogen-bond donors (Lipinski definition) is 1. The molecule has 3 aromatic rings. The third kappa shape index (κ3) is 4.10. The quantitative estimate of drug-likeness (QED) is 0.266. The number of benzene rings is 2. The summed E-state index contributed by atoms with van der Waals surface area (Å²) in [5, 5.41) is 11.1. The standard InChI is InChI=1S/C25H21NO7/c1-31-18-6-3-5-17(13-18)22(27)20-21(15-8-10-16(11-9-15)25(30)32-2)26(24(29)23(20)28)14-19-7-4-12-33-19/h3-13,21,27H,14H2,1-2H3/b22-20+. The minimum absolute atomic E-state index is 0.0237. The zero-order chi connectivity index (χ0) is 23.5. The molecule has 0 saturated carbocycles. The first kappa shape index (κ1) is 21.9. The van der Waals surface area contributed by atoms with Crippen molar-refractivity contribution in [2.75, 3.05) is 14.2 Å². The number of likely N-dealkylation sites (tertiary alicyclic amines) is 1. The molecule has 8 heteroatoms. The minimum atomic E-state index is -0.895. The van der Waals surface area contributed by atoms with Gasteiger partial charge in [-0.15, -0.1) is 0 Å². The van der Waals surface area contributed by atoms with E-state index in [1.165, 1.54) is 25.4 Å². The Labute approximate surface area is 189 Å². The van der Waals surface area contributed by atoms with Crippen LogP contribution in [-0.2, 0) is 20.9 Å². The van der Waals surface area contributed by atoms with Crippen molar-refractivity contribution in [3.8, 4) is 5.75 Å². The van der Waals surface area contributed by atoms with Gasteiger partial charge in [0.15, 0.2) is 0 Å². The van der Waals surface area contributed by atoms with E-state index >= 15 is 0 Å². The SMILES string of the molecule is COC(=O)c1ccc(C2/C(=C(\O)c3cccc(OC)c3)C(=O)C(=O)N2Cc2ccco2)cc1. The fourth-order valence-corrected chi connectivity index (χ4v) is 3.81. The van der Waals surface area contributed by atoms with E-state index in [1.807, 2.05) is 0 Å². The summed E-state index contributed by atoms with van der Waals surface area (Å²) >= 11 is 0. The van der Waals surface area contributed by atoms with Gasteiger partial charge < -0.3 is 23.9 Å². The van der Waals surface area contributed by atoms with Gasteiger partial charge in [-0.2, -0.15) is 0 Å². The Hall–Kier alpha value is -4.33. The largest absolute Gasteiger partial charge is 0.507 e. The Bertz CT molecular complexity index is 1230. The van der Waals surface area contributed by atoms with Crippen molar-refractivity contribution in [3.63, 3.8) is 0 Å². The number of nitrogens with zero attached hydrogens (tertiary/aromatic N) is 1. The number of Topliss-reactive ketones (excluding diaryl/α,β-unsaturated/α-hetero) is 1. The van der Waals surface area contributed by atoms with E-state index in [2.05, 4.69) is 0 Å². The lowest BCUT2D eigenvalue weighted by Gasteiger charge is -2.24. The summed E-state index contributed by atoms with van der Waals surface area (Å²) in [7, 11) is 2.77. The maximum absolute atomic E-state index is 13.1. The molecule has 1 saturated heterocycles. The predicted molar refractivity (Wildman–Crippen MR) is 117 cm³/mol. The van der Waals surface area contributed by atoms with Crippen LogP contribution in [0.25, 0.3) is 5.76 Å². The molecule has 0 spiro atoms. The fourth-order valence-electron chi connectivity index (χ4n) is 3.81. The number of rotatable bonds is 6. The van der Waals surface area contributed by atoms with Crippen molar-refractivity contribution in [3.05, 3.63) is 95.0 Å². The topological polar surface area (TPSA) is 106 Å². The van der Waals surface area contributed by atoms with Crippen molar-refractivity contribution in [1.29, 1.82) is 0 Å². The number of carbonyl (C=O) groups excluding carboxylic acids is 3. The average molecular weight is 447 g/mol. The molecule has 1 aromatic heterocycles. The maximum atomic E-state index is 13.1. The van der Waals surface area contributed by atoms with Crippen LogP contribution < -0.4 is 4.74 Å². The highest BCUT2D eigenvalue weighted by atomic mass is 16.5. The third-order valence-electron chi connectivity index (χ3n) is 5.44. The molecular formula is C25H21NO7. The summed E-state index contributed by atoms with van der Waals surface area (Å²) < 4.78 is 15.3. The predicted octanol–water partition coefficient (Wildman–Crippen LogP) is 3.70. The number of methoxy groups -OCH3 is 2. The van der Waals surface area contributed by atoms with Crippen molar-refractivity contribution < 1.29 is 33.4 Å². The summed E-state index contributed by atoms with van der Waals surface area (Å²) in [5.74, 6) is -1.45. The van der Waals surface area contributed by atoms with Gasteiger partial charge in [0.1, 0.15) is 17.3 Å². The molecule has 1 N–H and O–H groups in total. The van der Waals surface area contributed by atoms with Crippen LogP contribution in [0.15, 0.2) is 76.9 Å². The molecule has 8 nitrogen and oxygen atoms in total. The maximum Gasteiger partial charge on any atom is 0.337 e. The summed E-state index contributed by atoms with van der Waals surface area (Å²) in [6, 6.07) is 15.4. The second-order valence-corrected chi connectivity index (χ2v) is 7.35. The first-order valence-electron chi connectivity index (χ1n) is 10.1. The van der Waals surface area contributed by atoms with Gasteiger partial charge >= 0.3 is 5.97 Å². The number of ether oxygens (including phenoxy) is 2. The number of esters is 1. The van der Waals surface area contributed by atoms with E-state index in [9.17, 15) is 19.5 Å². The molecule has 0 aliphatic carbocycles. The lowest BCUT2D eigenvalue weighted by Crippen LogP contribution is -2.29. The van der Waals surface area contributed by atoms with Gasteiger partial charge in [-0.3, -0.25) is 9.59 Å². The number of hydrogen-bond acceptors (Lipinski definition) is 7. The second-order valence-electron chi connectivity index (χ2n) is 7.35. The van der Waals surface area contributed by atoms with Gasteiger partial charge in [0, 0.05) is 5.56 Å². The molecular weight excluding hydrogens is 426 g/mol. The van der Waals surface area contributed by atoms with E-state index in [-0.39, 0.29) is 17.9 Å². The Morgan fingerprint density at radius 2 is 1.79 bits per heavy atom. The molecule has 1 aliphatic rings. The molecule has 1 atom stereocenters. The number of furan rings is 1. The smallest absolute Gasteiger partial charge is 0.337 e. The van der Waals surface area contributed by atoms with Crippen LogP contribution in [0, 0.1) is 0 Å². The van der Waals surface area contributed by atoms with Gasteiger partial charge in [0.25, 0.3) is 11.7 Å². The summed E-state index contributed by atoms with van der Waals surface area (Å²) in [6.07, 6.45) is 1.47. The first-order valence-corrected chi connectivity index (χ1v) is 10.1. The lowest BCUT2D eigenvalue weighted by molar-refractivity contribution is -0.140. The molecule has 33 heavy (non-hydrogen) atoms. The normalized spacial score (nSPS) is 17.3. The molecule has 1 aliphatic heterocycles. The average Bonchev–Trinajstić information content (AvgIpc) is 3.45.